The van der Waals surface area contributed by atoms with E-state index in [4.69, 9.17) is 0 Å². The molecule has 0 fully saturated rings. The molecule has 0 saturated heterocycles. The van der Waals surface area contributed by atoms with Crippen molar-refractivity contribution in [3.63, 3.8) is 0 Å². The van der Waals surface area contributed by atoms with E-state index in [1.165, 1.54) is 24.7 Å². The first kappa shape index (κ1) is 23.3. The number of carbonyl (C=O) groups is 2. The van der Waals surface area contributed by atoms with Crippen LogP contribution < -0.4 is 5.32 Å². The second-order valence-electron chi connectivity index (χ2n) is 5.98. The van der Waals surface area contributed by atoms with E-state index in [9.17, 15) is 29.8 Å². The lowest BCUT2D eigenvalue weighted by atomic mass is 10.1. The summed E-state index contributed by atoms with van der Waals surface area (Å²) < 4.78 is 0. The largest absolute Gasteiger partial charge is 0.353 e. The van der Waals surface area contributed by atoms with Crippen molar-refractivity contribution in [3.8, 4) is 0 Å². The number of rotatable bonds is 12. The molecule has 10 heteroatoms. The van der Waals surface area contributed by atoms with E-state index in [1.807, 2.05) is 0 Å². The number of unbranched alkanes of at least 4 members (excludes halogenated alkanes) is 5. The summed E-state index contributed by atoms with van der Waals surface area (Å²) >= 11 is 0.555. The van der Waals surface area contributed by atoms with Gasteiger partial charge >= 0.3 is 0 Å². The number of nitro benzene ring substituents is 2. The van der Waals surface area contributed by atoms with Crippen LogP contribution in [0.5, 0.6) is 0 Å². The van der Waals surface area contributed by atoms with Crippen molar-refractivity contribution in [2.45, 2.75) is 45.4 Å². The van der Waals surface area contributed by atoms with Crippen molar-refractivity contribution in [2.75, 3.05) is 6.54 Å². The molecule has 1 amide bonds. The molecule has 0 aromatic heterocycles. The molecular formula is C18H23N3O6S. The van der Waals surface area contributed by atoms with E-state index in [1.54, 1.807) is 0 Å². The number of carbonyl (C=O) groups excluding carboxylic acids is 2. The van der Waals surface area contributed by atoms with Crippen LogP contribution in [-0.4, -0.2) is 27.4 Å². The molecule has 1 aromatic carbocycles. The van der Waals surface area contributed by atoms with Crippen LogP contribution in [0.4, 0.5) is 11.4 Å². The Morgan fingerprint density at radius 1 is 1.07 bits per heavy atom. The standard InChI is InChI=1S/C18H23N3O6S/c1-2-3-4-5-6-7-11-19-17(22)10-12-28-18(23)15-13-14(20(24)25)8-9-16(15)21(26)27/h8-10,12-13H,2-7,11H2,1H3,(H,19,22)/b12-10-. The van der Waals surface area contributed by atoms with Gasteiger partial charge in [0.2, 0.25) is 11.0 Å². The van der Waals surface area contributed by atoms with Crippen molar-refractivity contribution >= 4 is 34.2 Å². The molecule has 1 N–H and O–H groups in total. The molecule has 28 heavy (non-hydrogen) atoms. The maximum absolute atomic E-state index is 12.2. The minimum absolute atomic E-state index is 0.373. The van der Waals surface area contributed by atoms with Crippen molar-refractivity contribution < 1.29 is 19.4 Å². The fourth-order valence-corrected chi connectivity index (χ4v) is 2.96. The van der Waals surface area contributed by atoms with E-state index >= 15 is 0 Å². The third-order valence-electron chi connectivity index (χ3n) is 3.83. The third kappa shape index (κ3) is 8.30. The molecule has 1 aromatic rings. The van der Waals surface area contributed by atoms with Gasteiger partial charge in [-0.1, -0.05) is 50.8 Å². The maximum atomic E-state index is 12.2. The molecule has 1 rings (SSSR count). The molecule has 0 bridgehead atoms. The molecule has 9 nitrogen and oxygen atoms in total. The second-order valence-corrected chi connectivity index (χ2v) is 6.86. The smallest absolute Gasteiger partial charge is 0.281 e. The maximum Gasteiger partial charge on any atom is 0.281 e. The molecule has 0 aliphatic heterocycles. The van der Waals surface area contributed by atoms with Crippen LogP contribution >= 0.6 is 11.8 Å². The van der Waals surface area contributed by atoms with Gasteiger partial charge in [0.25, 0.3) is 11.4 Å². The first-order valence-corrected chi connectivity index (χ1v) is 9.83. The molecule has 0 unspecified atom stereocenters. The van der Waals surface area contributed by atoms with Crippen LogP contribution in [0.15, 0.2) is 29.7 Å². The van der Waals surface area contributed by atoms with Gasteiger partial charge in [0.05, 0.1) is 9.85 Å². The number of benzene rings is 1. The van der Waals surface area contributed by atoms with Gasteiger partial charge in [-0.25, -0.2) is 0 Å². The van der Waals surface area contributed by atoms with Crippen LogP contribution in [0.1, 0.15) is 55.8 Å². The number of amides is 1. The average Bonchev–Trinajstić information content (AvgIpc) is 2.66. The van der Waals surface area contributed by atoms with Gasteiger partial charge in [-0.2, -0.15) is 0 Å². The lowest BCUT2D eigenvalue weighted by Crippen LogP contribution is -2.21. The Hall–Kier alpha value is -2.75. The van der Waals surface area contributed by atoms with Gasteiger partial charge in [0.15, 0.2) is 0 Å². The Kier molecular flexibility index (Phi) is 10.5. The minimum atomic E-state index is -0.783. The van der Waals surface area contributed by atoms with Gasteiger partial charge in [0, 0.05) is 30.8 Å². The first-order valence-electron chi connectivity index (χ1n) is 8.95. The van der Waals surface area contributed by atoms with Crippen LogP contribution in [0.2, 0.25) is 0 Å². The topological polar surface area (TPSA) is 132 Å². The van der Waals surface area contributed by atoms with Gasteiger partial charge in [-0.05, 0) is 11.8 Å². The lowest BCUT2D eigenvalue weighted by Gasteiger charge is -2.02. The number of thioether (sulfide) groups is 1. The van der Waals surface area contributed by atoms with Gasteiger partial charge in [-0.15, -0.1) is 0 Å². The quantitative estimate of drug-likeness (QED) is 0.234. The van der Waals surface area contributed by atoms with Gasteiger partial charge in [0.1, 0.15) is 5.56 Å². The zero-order chi connectivity index (χ0) is 20.9. The van der Waals surface area contributed by atoms with E-state index < -0.39 is 26.3 Å². The van der Waals surface area contributed by atoms with Crippen molar-refractivity contribution in [1.82, 2.24) is 5.32 Å². The number of nitro groups is 2. The monoisotopic (exact) mass is 409 g/mol. The molecular weight excluding hydrogens is 386 g/mol. The number of hydrogen-bond acceptors (Lipinski definition) is 7. The summed E-state index contributed by atoms with van der Waals surface area (Å²) in [6, 6.07) is 2.74. The zero-order valence-corrected chi connectivity index (χ0v) is 16.4. The summed E-state index contributed by atoms with van der Waals surface area (Å²) in [6.07, 6.45) is 7.77. The molecule has 0 spiro atoms. The molecule has 0 atom stereocenters. The Balaban J connectivity index is 2.52. The molecule has 0 saturated carbocycles. The Labute approximate surface area is 166 Å². The zero-order valence-electron chi connectivity index (χ0n) is 15.6. The summed E-state index contributed by atoms with van der Waals surface area (Å²) in [6.45, 7) is 2.68. The van der Waals surface area contributed by atoms with Crippen molar-refractivity contribution in [1.29, 1.82) is 0 Å². The Morgan fingerprint density at radius 3 is 2.39 bits per heavy atom. The van der Waals surface area contributed by atoms with Gasteiger partial charge in [-0.3, -0.25) is 29.8 Å². The summed E-state index contributed by atoms with van der Waals surface area (Å²) in [4.78, 5) is 44.2. The normalized spacial score (nSPS) is 10.8. The number of non-ortho nitro benzene ring substituents is 1. The summed E-state index contributed by atoms with van der Waals surface area (Å²) in [5, 5.41) is 25.0. The highest BCUT2D eigenvalue weighted by molar-refractivity contribution is 8.16. The summed E-state index contributed by atoms with van der Waals surface area (Å²) in [7, 11) is 0. The lowest BCUT2D eigenvalue weighted by molar-refractivity contribution is -0.389. The molecule has 0 heterocycles. The summed E-state index contributed by atoms with van der Waals surface area (Å²) in [5.41, 5.74) is -1.33. The van der Waals surface area contributed by atoms with Crippen LogP contribution in [0, 0.1) is 20.2 Å². The summed E-state index contributed by atoms with van der Waals surface area (Å²) in [5.74, 6) is -0.373. The van der Waals surface area contributed by atoms with Crippen LogP contribution in [-0.2, 0) is 4.79 Å². The number of nitrogens with zero attached hydrogens (tertiary/aromatic N) is 2. The Morgan fingerprint density at radius 2 is 1.75 bits per heavy atom. The van der Waals surface area contributed by atoms with Crippen molar-refractivity contribution in [2.24, 2.45) is 0 Å². The average molecular weight is 409 g/mol. The third-order valence-corrected chi connectivity index (χ3v) is 4.54. The van der Waals surface area contributed by atoms with E-state index in [0.29, 0.717) is 18.3 Å². The highest BCUT2D eigenvalue weighted by Crippen LogP contribution is 2.27. The van der Waals surface area contributed by atoms with Crippen LogP contribution in [0.25, 0.3) is 0 Å². The minimum Gasteiger partial charge on any atom is -0.353 e. The molecule has 0 aliphatic carbocycles. The predicted molar refractivity (Wildman–Crippen MR) is 107 cm³/mol. The fourth-order valence-electron chi connectivity index (χ4n) is 2.36. The van der Waals surface area contributed by atoms with Crippen LogP contribution in [0.3, 0.4) is 0 Å². The predicted octanol–water partition coefficient (Wildman–Crippen LogP) is 4.37. The van der Waals surface area contributed by atoms with E-state index in [0.717, 1.165) is 43.5 Å². The second kappa shape index (κ2) is 12.6. The highest BCUT2D eigenvalue weighted by Gasteiger charge is 2.23. The number of nitrogens with one attached hydrogen (secondary N) is 1. The van der Waals surface area contributed by atoms with Crippen molar-refractivity contribution in [3.05, 3.63) is 55.5 Å². The Bertz CT molecular complexity index is 751. The molecule has 0 radical (unpaired) electrons. The van der Waals surface area contributed by atoms with Gasteiger partial charge < -0.3 is 5.32 Å². The molecule has 0 aliphatic rings. The highest BCUT2D eigenvalue weighted by atomic mass is 32.2. The first-order chi connectivity index (χ1) is 13.4. The molecule has 152 valence electrons. The SMILES string of the molecule is CCCCCCCCNC(=O)/C=C\SC(=O)c1cc([N+](=O)[O-])ccc1[N+](=O)[O-]. The number of hydrogen-bond donors (Lipinski definition) is 1. The fraction of sp³-hybridized carbons (Fsp3) is 0.444. The van der Waals surface area contributed by atoms with E-state index in [2.05, 4.69) is 12.2 Å². The van der Waals surface area contributed by atoms with E-state index in [-0.39, 0.29) is 11.5 Å².